The number of aldehydes is 1. The van der Waals surface area contributed by atoms with Gasteiger partial charge in [0.05, 0.1) is 24.0 Å². The number of benzene rings is 1. The molecule has 2 aromatic rings. The first kappa shape index (κ1) is 25.1. The van der Waals surface area contributed by atoms with Crippen molar-refractivity contribution in [1.29, 1.82) is 0 Å². The first-order chi connectivity index (χ1) is 15.9. The first-order valence-electron chi connectivity index (χ1n) is 11.1. The van der Waals surface area contributed by atoms with E-state index >= 15 is 0 Å². The van der Waals surface area contributed by atoms with Gasteiger partial charge in [-0.2, -0.15) is 0 Å². The van der Waals surface area contributed by atoms with Crippen molar-refractivity contribution in [3.8, 4) is 11.5 Å². The number of aryl methyl sites for hydroxylation is 1. The lowest BCUT2D eigenvalue weighted by molar-refractivity contribution is -0.151. The second-order valence-corrected chi connectivity index (χ2v) is 9.53. The fraction of sp³-hybridized carbons (Fsp3) is 0.458. The van der Waals surface area contributed by atoms with E-state index in [9.17, 15) is 14.7 Å². The van der Waals surface area contributed by atoms with Gasteiger partial charge in [0.1, 0.15) is 17.5 Å². The molecule has 1 aliphatic carbocycles. The van der Waals surface area contributed by atoms with Crippen LogP contribution in [0.2, 0.25) is 0 Å². The highest BCUT2D eigenvalue weighted by molar-refractivity contribution is 7.45. The van der Waals surface area contributed by atoms with E-state index in [1.54, 1.807) is 19.1 Å². The third-order valence-corrected chi connectivity index (χ3v) is 6.70. The summed E-state index contributed by atoms with van der Waals surface area (Å²) in [6.07, 6.45) is 5.81. The van der Waals surface area contributed by atoms with Crippen LogP contribution in [0.4, 0.5) is 0 Å². The van der Waals surface area contributed by atoms with Gasteiger partial charge in [-0.3, -0.25) is 14.6 Å². The summed E-state index contributed by atoms with van der Waals surface area (Å²) >= 11 is 0. The van der Waals surface area contributed by atoms with Crippen molar-refractivity contribution >= 4 is 20.8 Å². The fourth-order valence-electron chi connectivity index (χ4n) is 3.75. The molecule has 1 aromatic carbocycles. The normalized spacial score (nSPS) is 15.9. The van der Waals surface area contributed by atoms with Crippen LogP contribution >= 0.6 is 8.53 Å². The van der Waals surface area contributed by atoms with Gasteiger partial charge in [0.15, 0.2) is 6.29 Å². The van der Waals surface area contributed by atoms with Crippen molar-refractivity contribution in [3.63, 3.8) is 0 Å². The molecule has 8 nitrogen and oxygen atoms in total. The molecule has 0 saturated heterocycles. The van der Waals surface area contributed by atoms with E-state index in [-0.39, 0.29) is 35.9 Å². The lowest BCUT2D eigenvalue weighted by Crippen LogP contribution is -2.42. The summed E-state index contributed by atoms with van der Waals surface area (Å²) < 4.78 is 17.6. The van der Waals surface area contributed by atoms with Crippen LogP contribution in [0.15, 0.2) is 36.5 Å². The Bertz CT molecular complexity index is 934. The van der Waals surface area contributed by atoms with E-state index < -0.39 is 14.6 Å². The zero-order chi connectivity index (χ0) is 23.8. The average Bonchev–Trinajstić information content (AvgIpc) is 3.32. The predicted octanol–water partition coefficient (Wildman–Crippen LogP) is 4.83. The van der Waals surface area contributed by atoms with Crippen molar-refractivity contribution in [2.45, 2.75) is 65.2 Å². The third-order valence-electron chi connectivity index (χ3n) is 5.47. The van der Waals surface area contributed by atoms with Crippen molar-refractivity contribution in [3.05, 3.63) is 53.3 Å². The standard InChI is InChI=1S/C24H31N2O6P/c1-16(2)31-24(29)22(18-9-7-8-10-18)26-33(32-20-11-5-4-6-12-20)30-15-19-13-25-17(3)23(28)21(19)14-27/h4-6,11-14,16,18,22,26,28H,7-10,15H2,1-3H3. The summed E-state index contributed by atoms with van der Waals surface area (Å²) in [7, 11) is -1.78. The van der Waals surface area contributed by atoms with Gasteiger partial charge in [0.2, 0.25) is 0 Å². The van der Waals surface area contributed by atoms with Gasteiger partial charge in [-0.15, -0.1) is 0 Å². The summed E-state index contributed by atoms with van der Waals surface area (Å²) in [5.41, 5.74) is 0.921. The molecule has 178 valence electrons. The fourth-order valence-corrected chi connectivity index (χ4v) is 5.05. The molecule has 1 heterocycles. The van der Waals surface area contributed by atoms with Crippen LogP contribution < -0.4 is 9.61 Å². The number of esters is 1. The Morgan fingerprint density at radius 1 is 1.27 bits per heavy atom. The van der Waals surface area contributed by atoms with Crippen molar-refractivity contribution in [2.24, 2.45) is 5.92 Å². The van der Waals surface area contributed by atoms with E-state index in [1.165, 1.54) is 6.20 Å². The van der Waals surface area contributed by atoms with Crippen molar-refractivity contribution in [1.82, 2.24) is 10.1 Å². The zero-order valence-electron chi connectivity index (χ0n) is 19.2. The molecule has 2 N–H and O–H groups in total. The van der Waals surface area contributed by atoms with Crippen LogP contribution in [-0.2, 0) is 20.7 Å². The molecular weight excluding hydrogens is 443 g/mol. The monoisotopic (exact) mass is 474 g/mol. The number of carbonyl (C=O) groups excluding carboxylic acids is 2. The van der Waals surface area contributed by atoms with Gasteiger partial charge in [-0.1, -0.05) is 31.0 Å². The number of aromatic hydroxyl groups is 1. The molecule has 0 aliphatic heterocycles. The number of nitrogens with one attached hydrogen (secondary N) is 1. The number of rotatable bonds is 11. The van der Waals surface area contributed by atoms with Gasteiger partial charge in [-0.05, 0) is 51.7 Å². The molecule has 1 aromatic heterocycles. The number of pyridine rings is 1. The minimum Gasteiger partial charge on any atom is -0.505 e. The van der Waals surface area contributed by atoms with Crippen LogP contribution in [0.25, 0.3) is 0 Å². The maximum Gasteiger partial charge on any atom is 0.324 e. The van der Waals surface area contributed by atoms with Gasteiger partial charge in [0.25, 0.3) is 0 Å². The Kier molecular flexibility index (Phi) is 9.18. The number of hydrogen-bond acceptors (Lipinski definition) is 8. The molecular formula is C24H31N2O6P. The summed E-state index contributed by atoms with van der Waals surface area (Å²) in [6, 6.07) is 8.59. The Balaban J connectivity index is 1.81. The van der Waals surface area contributed by atoms with Crippen molar-refractivity contribution < 1.29 is 28.5 Å². The van der Waals surface area contributed by atoms with E-state index in [1.807, 2.05) is 32.0 Å². The lowest BCUT2D eigenvalue weighted by Gasteiger charge is -2.28. The van der Waals surface area contributed by atoms with Crippen molar-refractivity contribution in [2.75, 3.05) is 0 Å². The van der Waals surface area contributed by atoms with E-state index in [0.717, 1.165) is 25.7 Å². The van der Waals surface area contributed by atoms with E-state index in [4.69, 9.17) is 13.8 Å². The highest BCUT2D eigenvalue weighted by Crippen LogP contribution is 2.40. The topological polar surface area (TPSA) is 107 Å². The highest BCUT2D eigenvalue weighted by atomic mass is 31.2. The average molecular weight is 474 g/mol. The number of hydrogen-bond donors (Lipinski definition) is 2. The molecule has 0 bridgehead atoms. The zero-order valence-corrected chi connectivity index (χ0v) is 20.1. The summed E-state index contributed by atoms with van der Waals surface area (Å²) in [4.78, 5) is 28.6. The highest BCUT2D eigenvalue weighted by Gasteiger charge is 2.35. The van der Waals surface area contributed by atoms with E-state index in [0.29, 0.717) is 23.3 Å². The number of ether oxygens (including phenoxy) is 1. The second kappa shape index (κ2) is 12.1. The van der Waals surface area contributed by atoms with Gasteiger partial charge in [-0.25, -0.2) is 5.09 Å². The minimum atomic E-state index is -1.78. The third kappa shape index (κ3) is 6.97. The predicted molar refractivity (Wildman–Crippen MR) is 125 cm³/mol. The van der Waals surface area contributed by atoms with Crippen LogP contribution in [0.3, 0.4) is 0 Å². The lowest BCUT2D eigenvalue weighted by atomic mass is 9.99. The molecule has 3 rings (SSSR count). The maximum absolute atomic E-state index is 12.9. The molecule has 9 heteroatoms. The molecule has 0 radical (unpaired) electrons. The largest absolute Gasteiger partial charge is 0.505 e. The summed E-state index contributed by atoms with van der Waals surface area (Å²) in [5, 5.41) is 13.4. The molecule has 1 saturated carbocycles. The van der Waals surface area contributed by atoms with Gasteiger partial charge < -0.3 is 18.9 Å². The number of carbonyl (C=O) groups is 2. The molecule has 33 heavy (non-hydrogen) atoms. The SMILES string of the molecule is Cc1ncc(COP(NC(C(=O)OC(C)C)C2CCCC2)Oc2ccccc2)c(C=O)c1O. The maximum atomic E-state index is 12.9. The Morgan fingerprint density at radius 3 is 2.61 bits per heavy atom. The van der Waals surface area contributed by atoms with Gasteiger partial charge >= 0.3 is 14.5 Å². The first-order valence-corrected chi connectivity index (χ1v) is 12.3. The molecule has 0 spiro atoms. The molecule has 1 fully saturated rings. The Morgan fingerprint density at radius 2 is 1.97 bits per heavy atom. The smallest absolute Gasteiger partial charge is 0.324 e. The Hall–Kier alpha value is -2.54. The quantitative estimate of drug-likeness (QED) is 0.271. The molecule has 2 unspecified atom stereocenters. The summed E-state index contributed by atoms with van der Waals surface area (Å²) in [6.45, 7) is 5.23. The number of aromatic nitrogens is 1. The minimum absolute atomic E-state index is 0.0307. The van der Waals surface area contributed by atoms with Crippen LogP contribution in [0, 0.1) is 12.8 Å². The molecule has 0 amide bonds. The number of para-hydroxylation sites is 1. The van der Waals surface area contributed by atoms with Crippen LogP contribution in [0.1, 0.15) is 61.1 Å². The van der Waals surface area contributed by atoms with Crippen LogP contribution in [-0.4, -0.2) is 34.5 Å². The summed E-state index contributed by atoms with van der Waals surface area (Å²) in [5.74, 6) is 0.212. The molecule has 2 atom stereocenters. The molecule has 1 aliphatic rings. The van der Waals surface area contributed by atoms with E-state index in [2.05, 4.69) is 10.1 Å². The number of nitrogens with zero attached hydrogens (tertiary/aromatic N) is 1. The second-order valence-electron chi connectivity index (χ2n) is 8.32. The Labute approximate surface area is 195 Å². The van der Waals surface area contributed by atoms with Crippen LogP contribution in [0.5, 0.6) is 11.5 Å². The van der Waals surface area contributed by atoms with Gasteiger partial charge in [0, 0.05) is 11.8 Å².